The molecule has 0 saturated heterocycles. The number of rotatable bonds is 6. The molecule has 0 atom stereocenters. The molecule has 1 aromatic carbocycles. The molecule has 0 heterocycles. The third-order valence-corrected chi connectivity index (χ3v) is 3.39. The van der Waals surface area contributed by atoms with Crippen molar-refractivity contribution in [1.29, 1.82) is 0 Å². The molecule has 0 spiro atoms. The third-order valence-electron chi connectivity index (χ3n) is 2.67. The molecule has 2 amide bonds. The summed E-state index contributed by atoms with van der Waals surface area (Å²) in [7, 11) is 1.47. The minimum Gasteiger partial charge on any atom is -0.480 e. The number of ether oxygens (including phenoxy) is 1. The van der Waals surface area contributed by atoms with E-state index in [4.69, 9.17) is 33.0 Å². The minimum absolute atomic E-state index is 0.145. The van der Waals surface area contributed by atoms with Crippen molar-refractivity contribution in [3.8, 4) is 0 Å². The molecule has 1 aromatic rings. The van der Waals surface area contributed by atoms with Gasteiger partial charge < -0.3 is 20.1 Å². The zero-order valence-electron chi connectivity index (χ0n) is 11.7. The summed E-state index contributed by atoms with van der Waals surface area (Å²) in [5.74, 6) is -1.12. The molecule has 0 aromatic heterocycles. The Morgan fingerprint density at radius 2 is 2.00 bits per heavy atom. The maximum atomic E-state index is 12.1. The van der Waals surface area contributed by atoms with Gasteiger partial charge in [0.05, 0.1) is 17.3 Å². The quantitative estimate of drug-likeness (QED) is 0.838. The van der Waals surface area contributed by atoms with Crippen LogP contribution in [0.3, 0.4) is 0 Å². The molecule has 0 aliphatic carbocycles. The number of aliphatic carboxylic acids is 1. The lowest BCUT2D eigenvalue weighted by atomic mass is 10.2. The number of methoxy groups -OCH3 is 1. The van der Waals surface area contributed by atoms with Gasteiger partial charge >= 0.3 is 12.0 Å². The molecule has 0 bridgehead atoms. The Morgan fingerprint density at radius 3 is 2.57 bits per heavy atom. The number of hydrogen-bond donors (Lipinski definition) is 2. The zero-order chi connectivity index (χ0) is 16.0. The normalized spacial score (nSPS) is 10.3. The fourth-order valence-electron chi connectivity index (χ4n) is 1.55. The van der Waals surface area contributed by atoms with Crippen molar-refractivity contribution in [2.75, 3.05) is 32.1 Å². The molecule has 0 fully saturated rings. The molecule has 6 nitrogen and oxygen atoms in total. The van der Waals surface area contributed by atoms with Crippen LogP contribution < -0.4 is 5.32 Å². The number of hydrogen-bond acceptors (Lipinski definition) is 3. The van der Waals surface area contributed by atoms with Crippen LogP contribution in [0, 0.1) is 6.92 Å². The number of amides is 2. The van der Waals surface area contributed by atoms with Crippen LogP contribution in [-0.2, 0) is 9.53 Å². The summed E-state index contributed by atoms with van der Waals surface area (Å²) in [4.78, 5) is 24.0. The van der Waals surface area contributed by atoms with Gasteiger partial charge in [-0.3, -0.25) is 4.79 Å². The number of carboxylic acids is 1. The lowest BCUT2D eigenvalue weighted by Crippen LogP contribution is -2.40. The van der Waals surface area contributed by atoms with Gasteiger partial charge in [0.25, 0.3) is 0 Å². The highest BCUT2D eigenvalue weighted by atomic mass is 35.5. The van der Waals surface area contributed by atoms with Crippen molar-refractivity contribution in [2.45, 2.75) is 6.92 Å². The Balaban J connectivity index is 2.85. The van der Waals surface area contributed by atoms with Crippen LogP contribution in [0.1, 0.15) is 5.56 Å². The number of aryl methyl sites for hydroxylation is 1. The Kier molecular flexibility index (Phi) is 6.74. The largest absolute Gasteiger partial charge is 0.480 e. The van der Waals surface area contributed by atoms with E-state index in [0.29, 0.717) is 15.7 Å². The Bertz CT molecular complexity index is 537. The average Bonchev–Trinajstić information content (AvgIpc) is 2.40. The molecule has 1 rings (SSSR count). The molecule has 0 radical (unpaired) electrons. The van der Waals surface area contributed by atoms with Crippen LogP contribution in [0.4, 0.5) is 10.5 Å². The first-order chi connectivity index (χ1) is 9.85. The van der Waals surface area contributed by atoms with Gasteiger partial charge in [0.15, 0.2) is 0 Å². The van der Waals surface area contributed by atoms with E-state index < -0.39 is 18.5 Å². The number of carboxylic acid groups (broad SMARTS) is 1. The molecule has 21 heavy (non-hydrogen) atoms. The van der Waals surface area contributed by atoms with Crippen molar-refractivity contribution in [1.82, 2.24) is 4.90 Å². The molecular formula is C13H16Cl2N2O4. The van der Waals surface area contributed by atoms with Gasteiger partial charge in [-0.25, -0.2) is 4.79 Å². The summed E-state index contributed by atoms with van der Waals surface area (Å²) < 4.78 is 4.85. The van der Waals surface area contributed by atoms with Crippen LogP contribution >= 0.6 is 23.2 Å². The second kappa shape index (κ2) is 8.07. The number of benzene rings is 1. The number of nitrogens with zero attached hydrogens (tertiary/aromatic N) is 1. The monoisotopic (exact) mass is 334 g/mol. The fraction of sp³-hybridized carbons (Fsp3) is 0.385. The minimum atomic E-state index is -1.12. The maximum absolute atomic E-state index is 12.1. The Labute approximate surface area is 132 Å². The maximum Gasteiger partial charge on any atom is 0.323 e. The third kappa shape index (κ3) is 5.41. The lowest BCUT2D eigenvalue weighted by molar-refractivity contribution is -0.137. The van der Waals surface area contributed by atoms with E-state index in [1.807, 2.05) is 0 Å². The lowest BCUT2D eigenvalue weighted by Gasteiger charge is -2.21. The fourth-order valence-corrected chi connectivity index (χ4v) is 1.98. The molecular weight excluding hydrogens is 319 g/mol. The van der Waals surface area contributed by atoms with Crippen LogP contribution in [-0.4, -0.2) is 48.8 Å². The first kappa shape index (κ1) is 17.6. The van der Waals surface area contributed by atoms with Crippen molar-refractivity contribution in [2.24, 2.45) is 0 Å². The van der Waals surface area contributed by atoms with E-state index in [1.165, 1.54) is 13.2 Å². The molecule has 0 aliphatic heterocycles. The summed E-state index contributed by atoms with van der Waals surface area (Å²) in [6.07, 6.45) is 0. The average molecular weight is 335 g/mol. The summed E-state index contributed by atoms with van der Waals surface area (Å²) in [5.41, 5.74) is 1.10. The van der Waals surface area contributed by atoms with Crippen molar-refractivity contribution >= 4 is 40.9 Å². The highest BCUT2D eigenvalue weighted by Gasteiger charge is 2.18. The van der Waals surface area contributed by atoms with Crippen LogP contribution in [0.5, 0.6) is 0 Å². The van der Waals surface area contributed by atoms with Gasteiger partial charge in [-0.05, 0) is 24.6 Å². The van der Waals surface area contributed by atoms with Crippen molar-refractivity contribution < 1.29 is 19.4 Å². The van der Waals surface area contributed by atoms with Gasteiger partial charge in [0.1, 0.15) is 6.54 Å². The van der Waals surface area contributed by atoms with Crippen LogP contribution in [0.2, 0.25) is 10.0 Å². The molecule has 0 unspecified atom stereocenters. The Morgan fingerprint density at radius 1 is 1.33 bits per heavy atom. The second-order valence-electron chi connectivity index (χ2n) is 4.32. The second-order valence-corrected chi connectivity index (χ2v) is 5.13. The summed E-state index contributed by atoms with van der Waals surface area (Å²) in [6.45, 7) is 1.72. The number of halogens is 2. The van der Waals surface area contributed by atoms with Crippen LogP contribution in [0.15, 0.2) is 12.1 Å². The summed E-state index contributed by atoms with van der Waals surface area (Å²) in [6, 6.07) is 2.55. The first-order valence-electron chi connectivity index (χ1n) is 6.07. The van der Waals surface area contributed by atoms with Crippen molar-refractivity contribution in [3.05, 3.63) is 27.7 Å². The topological polar surface area (TPSA) is 78.9 Å². The summed E-state index contributed by atoms with van der Waals surface area (Å²) >= 11 is 12.0. The van der Waals surface area contributed by atoms with E-state index in [9.17, 15) is 9.59 Å². The predicted molar refractivity (Wildman–Crippen MR) is 81.3 cm³/mol. The standard InChI is InChI=1S/C13H16Cl2N2O4/c1-8-5-10(15)11(6-9(8)14)16-13(20)17(3-4-21-2)7-12(18)19/h5-6H,3-4,7H2,1-2H3,(H,16,20)(H,18,19). The summed E-state index contributed by atoms with van der Waals surface area (Å²) in [5, 5.41) is 12.1. The van der Waals surface area contributed by atoms with Gasteiger partial charge in [0, 0.05) is 18.7 Å². The van der Waals surface area contributed by atoms with Gasteiger partial charge in [-0.15, -0.1) is 0 Å². The van der Waals surface area contributed by atoms with Crippen LogP contribution in [0.25, 0.3) is 0 Å². The SMILES string of the molecule is COCCN(CC(=O)O)C(=O)Nc1cc(Cl)c(C)cc1Cl. The highest BCUT2D eigenvalue weighted by molar-refractivity contribution is 6.36. The van der Waals surface area contributed by atoms with Gasteiger partial charge in [-0.1, -0.05) is 23.2 Å². The Hall–Kier alpha value is -1.50. The first-order valence-corrected chi connectivity index (χ1v) is 6.83. The number of anilines is 1. The van der Waals surface area contributed by atoms with E-state index in [1.54, 1.807) is 13.0 Å². The number of carbonyl (C=O) groups is 2. The molecule has 8 heteroatoms. The van der Waals surface area contributed by atoms with E-state index in [-0.39, 0.29) is 13.2 Å². The van der Waals surface area contributed by atoms with Crippen molar-refractivity contribution in [3.63, 3.8) is 0 Å². The van der Waals surface area contributed by atoms with E-state index in [2.05, 4.69) is 5.32 Å². The highest BCUT2D eigenvalue weighted by Crippen LogP contribution is 2.28. The molecule has 116 valence electrons. The predicted octanol–water partition coefficient (Wildman–Crippen LogP) is 2.87. The van der Waals surface area contributed by atoms with Gasteiger partial charge in [0.2, 0.25) is 0 Å². The molecule has 0 aliphatic rings. The number of nitrogens with one attached hydrogen (secondary N) is 1. The molecule has 2 N–H and O–H groups in total. The van der Waals surface area contributed by atoms with E-state index >= 15 is 0 Å². The zero-order valence-corrected chi connectivity index (χ0v) is 13.2. The molecule has 0 saturated carbocycles. The smallest absolute Gasteiger partial charge is 0.323 e. The number of urea groups is 1. The number of carbonyl (C=O) groups excluding carboxylic acids is 1. The van der Waals surface area contributed by atoms with Gasteiger partial charge in [-0.2, -0.15) is 0 Å². The van der Waals surface area contributed by atoms with E-state index in [0.717, 1.165) is 10.5 Å².